The summed E-state index contributed by atoms with van der Waals surface area (Å²) in [5, 5.41) is 0. The molecular weight excluding hydrogens is 357 g/mol. The van der Waals surface area contributed by atoms with Crippen molar-refractivity contribution in [2.75, 3.05) is 6.54 Å². The summed E-state index contributed by atoms with van der Waals surface area (Å²) in [6.45, 7) is 7.75. The molecule has 3 rings (SSSR count). The van der Waals surface area contributed by atoms with E-state index in [1.807, 2.05) is 20.8 Å². The molecule has 1 aromatic heterocycles. The van der Waals surface area contributed by atoms with Gasteiger partial charge in [-0.25, -0.2) is 4.79 Å². The lowest BCUT2D eigenvalue weighted by Crippen LogP contribution is -2.47. The summed E-state index contributed by atoms with van der Waals surface area (Å²) in [6.07, 6.45) is -1.69. The number of nitrogens with zero attached hydrogens (tertiary/aromatic N) is 2. The Balaban J connectivity index is 1.70. The highest BCUT2D eigenvalue weighted by atomic mass is 19.4. The van der Waals surface area contributed by atoms with Gasteiger partial charge in [-0.05, 0) is 77.3 Å². The predicted molar refractivity (Wildman–Crippen MR) is 95.2 cm³/mol. The Morgan fingerprint density at radius 1 is 1.22 bits per heavy atom. The van der Waals surface area contributed by atoms with Crippen LogP contribution in [-0.4, -0.2) is 34.2 Å². The number of aromatic nitrogens is 1. The van der Waals surface area contributed by atoms with Gasteiger partial charge in [0, 0.05) is 24.0 Å². The van der Waals surface area contributed by atoms with E-state index in [0.717, 1.165) is 25.0 Å². The van der Waals surface area contributed by atoms with E-state index in [1.54, 1.807) is 11.8 Å². The number of fused-ring (bicyclic) bond motifs is 1. The van der Waals surface area contributed by atoms with Crippen molar-refractivity contribution in [3.05, 3.63) is 29.1 Å². The van der Waals surface area contributed by atoms with Gasteiger partial charge in [0.2, 0.25) is 0 Å². The first kappa shape index (κ1) is 20.0. The molecule has 0 spiro atoms. The normalized spacial score (nSPS) is 25.1. The lowest BCUT2D eigenvalue weighted by atomic mass is 9.97. The second kappa shape index (κ2) is 6.99. The van der Waals surface area contributed by atoms with Crippen LogP contribution in [0.4, 0.5) is 18.0 Å². The summed E-state index contributed by atoms with van der Waals surface area (Å²) in [5.74, 6) is 1.17. The highest BCUT2D eigenvalue weighted by molar-refractivity contribution is 5.69. The SMILES string of the molecule is Cc1cc(C(F)(F)F)cc(CC[C@@H]2C[C@H]3C[C@H]3CN2C(=O)OC(C)(C)C)n1. The second-order valence-corrected chi connectivity index (χ2v) is 8.80. The number of carbonyl (C=O) groups is 1. The molecule has 0 N–H and O–H groups in total. The molecule has 2 heterocycles. The van der Waals surface area contributed by atoms with Gasteiger partial charge in [-0.15, -0.1) is 0 Å². The van der Waals surface area contributed by atoms with Crippen LogP contribution in [0.15, 0.2) is 12.1 Å². The molecule has 3 atom stereocenters. The van der Waals surface area contributed by atoms with Gasteiger partial charge in [-0.3, -0.25) is 4.98 Å². The zero-order valence-electron chi connectivity index (χ0n) is 16.3. The average molecular weight is 384 g/mol. The van der Waals surface area contributed by atoms with Crippen molar-refractivity contribution in [2.24, 2.45) is 11.8 Å². The number of ether oxygens (including phenoxy) is 1. The molecule has 0 unspecified atom stereocenters. The molecule has 0 bridgehead atoms. The number of alkyl halides is 3. The summed E-state index contributed by atoms with van der Waals surface area (Å²) >= 11 is 0. The molecule has 1 aromatic rings. The van der Waals surface area contributed by atoms with Crippen molar-refractivity contribution in [1.82, 2.24) is 9.88 Å². The summed E-state index contributed by atoms with van der Waals surface area (Å²) in [4.78, 5) is 18.6. The van der Waals surface area contributed by atoms with Gasteiger partial charge in [0.1, 0.15) is 5.60 Å². The lowest BCUT2D eigenvalue weighted by molar-refractivity contribution is -0.137. The van der Waals surface area contributed by atoms with E-state index in [9.17, 15) is 18.0 Å². The monoisotopic (exact) mass is 384 g/mol. The number of hydrogen-bond donors (Lipinski definition) is 0. The van der Waals surface area contributed by atoms with E-state index in [0.29, 0.717) is 42.6 Å². The minimum atomic E-state index is -4.38. The first-order chi connectivity index (χ1) is 12.4. The molecule has 7 heteroatoms. The first-order valence-electron chi connectivity index (χ1n) is 9.47. The zero-order valence-corrected chi connectivity index (χ0v) is 16.3. The van der Waals surface area contributed by atoms with Crippen LogP contribution in [-0.2, 0) is 17.3 Å². The maximum atomic E-state index is 13.0. The van der Waals surface area contributed by atoms with Crippen LogP contribution in [0.5, 0.6) is 0 Å². The summed E-state index contributed by atoms with van der Waals surface area (Å²) in [5.41, 5.74) is -0.458. The van der Waals surface area contributed by atoms with E-state index in [4.69, 9.17) is 4.74 Å². The number of carbonyl (C=O) groups excluding carboxylic acids is 1. The van der Waals surface area contributed by atoms with Crippen molar-refractivity contribution >= 4 is 6.09 Å². The number of amides is 1. The number of rotatable bonds is 3. The fourth-order valence-electron chi connectivity index (χ4n) is 3.86. The van der Waals surface area contributed by atoms with Crippen molar-refractivity contribution in [3.8, 4) is 0 Å². The van der Waals surface area contributed by atoms with Crippen LogP contribution < -0.4 is 0 Å². The maximum absolute atomic E-state index is 13.0. The molecule has 0 radical (unpaired) electrons. The molecule has 1 saturated heterocycles. The molecule has 27 heavy (non-hydrogen) atoms. The van der Waals surface area contributed by atoms with Crippen LogP contribution in [0.1, 0.15) is 57.0 Å². The fraction of sp³-hybridized carbons (Fsp3) is 0.700. The van der Waals surface area contributed by atoms with Gasteiger partial charge >= 0.3 is 12.3 Å². The molecule has 1 amide bonds. The highest BCUT2D eigenvalue weighted by Crippen LogP contribution is 2.48. The number of likely N-dealkylation sites (tertiary alicyclic amines) is 1. The molecule has 1 aliphatic carbocycles. The number of halogens is 3. The van der Waals surface area contributed by atoms with Crippen LogP contribution in [0.3, 0.4) is 0 Å². The van der Waals surface area contributed by atoms with E-state index in [2.05, 4.69) is 4.98 Å². The molecule has 150 valence electrons. The zero-order chi connectivity index (χ0) is 20.0. The summed E-state index contributed by atoms with van der Waals surface area (Å²) in [7, 11) is 0. The predicted octanol–water partition coefficient (Wildman–Crippen LogP) is 4.99. The lowest BCUT2D eigenvalue weighted by Gasteiger charge is -2.36. The largest absolute Gasteiger partial charge is 0.444 e. The third kappa shape index (κ3) is 5.14. The number of pyridine rings is 1. The van der Waals surface area contributed by atoms with E-state index in [1.165, 1.54) is 0 Å². The molecule has 1 saturated carbocycles. The van der Waals surface area contributed by atoms with Crippen LogP contribution >= 0.6 is 0 Å². The molecule has 2 aliphatic rings. The Morgan fingerprint density at radius 2 is 1.93 bits per heavy atom. The van der Waals surface area contributed by atoms with Crippen molar-refractivity contribution in [2.45, 2.75) is 71.2 Å². The van der Waals surface area contributed by atoms with Gasteiger partial charge in [-0.1, -0.05) is 0 Å². The van der Waals surface area contributed by atoms with Crippen LogP contribution in [0.25, 0.3) is 0 Å². The fourth-order valence-corrected chi connectivity index (χ4v) is 3.86. The quantitative estimate of drug-likeness (QED) is 0.738. The van der Waals surface area contributed by atoms with Crippen LogP contribution in [0, 0.1) is 18.8 Å². The van der Waals surface area contributed by atoms with Crippen molar-refractivity contribution < 1.29 is 22.7 Å². The second-order valence-electron chi connectivity index (χ2n) is 8.80. The molecular formula is C20H27F3N2O2. The third-order valence-electron chi connectivity index (χ3n) is 5.21. The highest BCUT2D eigenvalue weighted by Gasteiger charge is 2.47. The maximum Gasteiger partial charge on any atom is 0.416 e. The van der Waals surface area contributed by atoms with Gasteiger partial charge in [0.15, 0.2) is 0 Å². The molecule has 1 aliphatic heterocycles. The van der Waals surface area contributed by atoms with E-state index >= 15 is 0 Å². The van der Waals surface area contributed by atoms with E-state index in [-0.39, 0.29) is 12.1 Å². The minimum absolute atomic E-state index is 0.0137. The summed E-state index contributed by atoms with van der Waals surface area (Å²) in [6, 6.07) is 2.17. The molecule has 4 nitrogen and oxygen atoms in total. The topological polar surface area (TPSA) is 42.4 Å². The van der Waals surface area contributed by atoms with Crippen molar-refractivity contribution in [1.29, 1.82) is 0 Å². The molecule has 0 aromatic carbocycles. The van der Waals surface area contributed by atoms with Crippen molar-refractivity contribution in [3.63, 3.8) is 0 Å². The number of aryl methyl sites for hydroxylation is 2. The van der Waals surface area contributed by atoms with E-state index < -0.39 is 17.3 Å². The Kier molecular flexibility index (Phi) is 5.16. The number of piperidine rings is 1. The van der Waals surface area contributed by atoms with Gasteiger partial charge in [0.25, 0.3) is 0 Å². The standard InChI is InChI=1S/C20H27F3N2O2/c1-12-7-15(20(21,22)23)10-16(24-12)5-6-17-9-13-8-14(13)11-25(17)18(26)27-19(2,3)4/h7,10,13-14,17H,5-6,8-9,11H2,1-4H3/t13-,14+,17-/m1/s1. The Hall–Kier alpha value is -1.79. The third-order valence-corrected chi connectivity index (χ3v) is 5.21. The molecule has 2 fully saturated rings. The number of hydrogen-bond acceptors (Lipinski definition) is 3. The smallest absolute Gasteiger partial charge is 0.416 e. The van der Waals surface area contributed by atoms with Gasteiger partial charge in [-0.2, -0.15) is 13.2 Å². The van der Waals surface area contributed by atoms with Gasteiger partial charge in [0.05, 0.1) is 5.56 Å². The average Bonchev–Trinajstić information content (AvgIpc) is 3.27. The Morgan fingerprint density at radius 3 is 2.56 bits per heavy atom. The Bertz CT molecular complexity index is 712. The first-order valence-corrected chi connectivity index (χ1v) is 9.47. The Labute approximate surface area is 158 Å². The van der Waals surface area contributed by atoms with Crippen LogP contribution in [0.2, 0.25) is 0 Å². The summed E-state index contributed by atoms with van der Waals surface area (Å²) < 4.78 is 44.6. The minimum Gasteiger partial charge on any atom is -0.444 e. The van der Waals surface area contributed by atoms with Gasteiger partial charge < -0.3 is 9.64 Å².